The van der Waals surface area contributed by atoms with Crippen molar-refractivity contribution in [1.29, 1.82) is 0 Å². The number of nitrogens with zero attached hydrogens (tertiary/aromatic N) is 3. The SMILES string of the molecule is CCNC(=NCc1ccccn1)NCC1CCCN(C)C1c1ccc(C(F)(F)F)cc1.I. The molecule has 1 fully saturated rings. The van der Waals surface area contributed by atoms with Crippen molar-refractivity contribution in [1.82, 2.24) is 20.5 Å². The van der Waals surface area contributed by atoms with Crippen molar-refractivity contribution in [2.75, 3.05) is 26.7 Å². The molecule has 0 bridgehead atoms. The van der Waals surface area contributed by atoms with Crippen LogP contribution in [0.5, 0.6) is 0 Å². The zero-order chi connectivity index (χ0) is 22.3. The van der Waals surface area contributed by atoms with Crippen molar-refractivity contribution in [3.8, 4) is 0 Å². The summed E-state index contributed by atoms with van der Waals surface area (Å²) >= 11 is 0. The summed E-state index contributed by atoms with van der Waals surface area (Å²) in [7, 11) is 2.04. The molecular weight excluding hydrogens is 530 g/mol. The van der Waals surface area contributed by atoms with Crippen LogP contribution in [0.1, 0.15) is 42.6 Å². The van der Waals surface area contributed by atoms with Gasteiger partial charge in [-0.25, -0.2) is 4.99 Å². The summed E-state index contributed by atoms with van der Waals surface area (Å²) in [5.41, 5.74) is 1.19. The number of aromatic nitrogens is 1. The molecule has 0 spiro atoms. The fourth-order valence-electron chi connectivity index (χ4n) is 4.09. The minimum Gasteiger partial charge on any atom is -0.357 e. The Labute approximate surface area is 204 Å². The number of guanidine groups is 1. The number of hydrogen-bond donors (Lipinski definition) is 2. The molecule has 1 aromatic heterocycles. The van der Waals surface area contributed by atoms with Crippen LogP contribution in [0.4, 0.5) is 13.2 Å². The van der Waals surface area contributed by atoms with Crippen molar-refractivity contribution >= 4 is 29.9 Å². The lowest BCUT2D eigenvalue weighted by Gasteiger charge is -2.40. The topological polar surface area (TPSA) is 52.6 Å². The summed E-state index contributed by atoms with van der Waals surface area (Å²) in [5.74, 6) is 0.974. The van der Waals surface area contributed by atoms with Gasteiger partial charge in [-0.2, -0.15) is 13.2 Å². The second-order valence-corrected chi connectivity index (χ2v) is 7.84. The van der Waals surface area contributed by atoms with E-state index in [9.17, 15) is 13.2 Å². The van der Waals surface area contributed by atoms with Crippen LogP contribution in [0.3, 0.4) is 0 Å². The van der Waals surface area contributed by atoms with Gasteiger partial charge in [0.2, 0.25) is 0 Å². The van der Waals surface area contributed by atoms with Crippen molar-refractivity contribution in [2.24, 2.45) is 10.9 Å². The molecule has 176 valence electrons. The molecule has 2 N–H and O–H groups in total. The summed E-state index contributed by atoms with van der Waals surface area (Å²) in [6.07, 6.45) is -0.509. The highest BCUT2D eigenvalue weighted by molar-refractivity contribution is 14.0. The number of hydrogen-bond acceptors (Lipinski definition) is 3. The van der Waals surface area contributed by atoms with E-state index in [0.29, 0.717) is 19.0 Å². The Morgan fingerprint density at radius 1 is 1.16 bits per heavy atom. The number of alkyl halides is 3. The molecule has 2 heterocycles. The Morgan fingerprint density at radius 2 is 1.91 bits per heavy atom. The normalized spacial score (nSPS) is 19.8. The molecule has 0 aliphatic carbocycles. The molecule has 2 unspecified atom stereocenters. The second kappa shape index (κ2) is 12.4. The fourth-order valence-corrected chi connectivity index (χ4v) is 4.09. The highest BCUT2D eigenvalue weighted by Crippen LogP contribution is 2.36. The van der Waals surface area contributed by atoms with Crippen molar-refractivity contribution < 1.29 is 13.2 Å². The van der Waals surface area contributed by atoms with Crippen LogP contribution >= 0.6 is 24.0 Å². The highest BCUT2D eigenvalue weighted by atomic mass is 127. The first-order valence-electron chi connectivity index (χ1n) is 10.7. The van der Waals surface area contributed by atoms with Crippen LogP contribution in [-0.4, -0.2) is 42.5 Å². The van der Waals surface area contributed by atoms with E-state index in [-0.39, 0.29) is 35.9 Å². The monoisotopic (exact) mass is 561 g/mol. The van der Waals surface area contributed by atoms with Gasteiger partial charge in [-0.05, 0) is 69.1 Å². The van der Waals surface area contributed by atoms with Gasteiger partial charge in [0.15, 0.2) is 5.96 Å². The molecule has 2 atom stereocenters. The molecule has 32 heavy (non-hydrogen) atoms. The second-order valence-electron chi connectivity index (χ2n) is 7.84. The number of halogens is 4. The third-order valence-corrected chi connectivity index (χ3v) is 5.59. The molecule has 1 aliphatic heterocycles. The minimum atomic E-state index is -4.32. The Kier molecular flexibility index (Phi) is 10.2. The largest absolute Gasteiger partial charge is 0.416 e. The van der Waals surface area contributed by atoms with Crippen LogP contribution in [0.25, 0.3) is 0 Å². The standard InChI is InChI=1S/C23H30F3N5.HI/c1-3-27-22(30-16-20-8-4-5-13-28-20)29-15-18-7-6-14-31(2)21(18)17-9-11-19(12-10-17)23(24,25)26;/h4-5,8-13,18,21H,3,6-7,14-16H2,1-2H3,(H2,27,29,30);1H. The first-order chi connectivity index (χ1) is 14.9. The molecule has 1 aromatic carbocycles. The molecular formula is C23H31F3IN5. The van der Waals surface area contributed by atoms with Gasteiger partial charge >= 0.3 is 6.18 Å². The number of pyridine rings is 1. The maximum atomic E-state index is 12.9. The minimum absolute atomic E-state index is 0. The summed E-state index contributed by atoms with van der Waals surface area (Å²) < 4.78 is 38.8. The molecule has 0 saturated carbocycles. The highest BCUT2D eigenvalue weighted by Gasteiger charge is 2.33. The van der Waals surface area contributed by atoms with Gasteiger partial charge in [0.05, 0.1) is 17.8 Å². The van der Waals surface area contributed by atoms with Crippen molar-refractivity contribution in [3.63, 3.8) is 0 Å². The maximum absolute atomic E-state index is 12.9. The molecule has 1 aliphatic rings. The summed E-state index contributed by atoms with van der Waals surface area (Å²) in [5, 5.41) is 6.68. The summed E-state index contributed by atoms with van der Waals surface area (Å²) in [6.45, 7) is 4.83. The van der Waals surface area contributed by atoms with E-state index in [1.165, 1.54) is 12.1 Å². The molecule has 9 heteroatoms. The van der Waals surface area contributed by atoms with E-state index in [4.69, 9.17) is 0 Å². The maximum Gasteiger partial charge on any atom is 0.416 e. The smallest absolute Gasteiger partial charge is 0.357 e. The molecule has 0 radical (unpaired) electrons. The Hall–Kier alpha value is -1.88. The Morgan fingerprint density at radius 3 is 2.53 bits per heavy atom. The Balaban J connectivity index is 0.00000363. The number of nitrogens with one attached hydrogen (secondary N) is 2. The third kappa shape index (κ3) is 7.33. The van der Waals surface area contributed by atoms with E-state index in [1.807, 2.05) is 32.2 Å². The van der Waals surface area contributed by atoms with E-state index in [2.05, 4.69) is 25.5 Å². The van der Waals surface area contributed by atoms with Gasteiger partial charge in [0.25, 0.3) is 0 Å². The molecule has 0 amide bonds. The predicted octanol–water partition coefficient (Wildman–Crippen LogP) is 4.86. The van der Waals surface area contributed by atoms with E-state index < -0.39 is 11.7 Å². The van der Waals surface area contributed by atoms with Crippen LogP contribution in [0.15, 0.2) is 53.7 Å². The average Bonchev–Trinajstić information content (AvgIpc) is 2.76. The van der Waals surface area contributed by atoms with Gasteiger partial charge in [-0.15, -0.1) is 24.0 Å². The van der Waals surface area contributed by atoms with Crippen molar-refractivity contribution in [3.05, 3.63) is 65.5 Å². The quantitative estimate of drug-likeness (QED) is 0.301. The fraction of sp³-hybridized carbons (Fsp3) is 0.478. The summed E-state index contributed by atoms with van der Waals surface area (Å²) in [6, 6.07) is 11.4. The molecule has 1 saturated heterocycles. The Bertz CT molecular complexity index is 843. The van der Waals surface area contributed by atoms with Gasteiger partial charge in [0.1, 0.15) is 0 Å². The van der Waals surface area contributed by atoms with Gasteiger partial charge in [-0.3, -0.25) is 9.88 Å². The first-order valence-corrected chi connectivity index (χ1v) is 10.7. The van der Waals surface area contributed by atoms with Gasteiger partial charge in [0, 0.05) is 25.3 Å². The van der Waals surface area contributed by atoms with Crippen LogP contribution < -0.4 is 10.6 Å². The van der Waals surface area contributed by atoms with E-state index in [0.717, 1.165) is 37.2 Å². The number of benzene rings is 1. The van der Waals surface area contributed by atoms with E-state index >= 15 is 0 Å². The van der Waals surface area contributed by atoms with Crippen LogP contribution in [-0.2, 0) is 12.7 Å². The zero-order valence-electron chi connectivity index (χ0n) is 18.4. The van der Waals surface area contributed by atoms with Gasteiger partial charge < -0.3 is 10.6 Å². The average molecular weight is 561 g/mol. The zero-order valence-corrected chi connectivity index (χ0v) is 20.7. The predicted molar refractivity (Wildman–Crippen MR) is 132 cm³/mol. The third-order valence-electron chi connectivity index (χ3n) is 5.59. The molecule has 3 rings (SSSR count). The lowest BCUT2D eigenvalue weighted by Crippen LogP contribution is -2.45. The van der Waals surface area contributed by atoms with E-state index in [1.54, 1.807) is 18.3 Å². The molecule has 2 aromatic rings. The number of rotatable bonds is 6. The van der Waals surface area contributed by atoms with Crippen LogP contribution in [0.2, 0.25) is 0 Å². The lowest BCUT2D eigenvalue weighted by atomic mass is 9.84. The lowest BCUT2D eigenvalue weighted by molar-refractivity contribution is -0.137. The number of likely N-dealkylation sites (tertiary alicyclic amines) is 1. The summed E-state index contributed by atoms with van der Waals surface area (Å²) in [4.78, 5) is 11.1. The first kappa shape index (κ1) is 26.4. The van der Waals surface area contributed by atoms with Gasteiger partial charge in [-0.1, -0.05) is 18.2 Å². The molecule has 5 nitrogen and oxygen atoms in total. The number of aliphatic imine (C=N–C) groups is 1. The van der Waals surface area contributed by atoms with Crippen LogP contribution in [0, 0.1) is 5.92 Å². The van der Waals surface area contributed by atoms with Crippen molar-refractivity contribution in [2.45, 2.75) is 38.5 Å². The number of piperidine rings is 1.